The van der Waals surface area contributed by atoms with Crippen molar-refractivity contribution < 1.29 is 4.79 Å². The number of likely N-dealkylation sites (tertiary alicyclic amines) is 1. The molecular weight excluding hydrogens is 453 g/mol. The fraction of sp³-hybridized carbons (Fsp3) is 0.600. The number of nitrogens with zero attached hydrogens (tertiary/aromatic N) is 2. The van der Waals surface area contributed by atoms with E-state index < -0.39 is 0 Å². The van der Waals surface area contributed by atoms with Crippen LogP contribution in [0.4, 0.5) is 0 Å². The highest BCUT2D eigenvalue weighted by molar-refractivity contribution is 14.0. The summed E-state index contributed by atoms with van der Waals surface area (Å²) >= 11 is 0. The van der Waals surface area contributed by atoms with Crippen LogP contribution >= 0.6 is 24.0 Å². The lowest BCUT2D eigenvalue weighted by Crippen LogP contribution is -2.47. The van der Waals surface area contributed by atoms with Crippen LogP contribution in [0.15, 0.2) is 35.3 Å². The molecule has 0 aromatic heterocycles. The van der Waals surface area contributed by atoms with Gasteiger partial charge in [-0.2, -0.15) is 0 Å². The Morgan fingerprint density at radius 3 is 2.59 bits per heavy atom. The molecule has 2 fully saturated rings. The first-order valence-corrected chi connectivity index (χ1v) is 9.76. The number of amides is 1. The molecule has 150 valence electrons. The minimum absolute atomic E-state index is 0. The summed E-state index contributed by atoms with van der Waals surface area (Å²) in [5, 5.41) is 9.51. The Bertz CT molecular complexity index is 604. The van der Waals surface area contributed by atoms with Crippen molar-refractivity contribution in [3.8, 4) is 0 Å². The van der Waals surface area contributed by atoms with Crippen molar-refractivity contribution in [3.63, 3.8) is 0 Å². The highest BCUT2D eigenvalue weighted by Gasteiger charge is 2.30. The van der Waals surface area contributed by atoms with Crippen molar-refractivity contribution in [2.75, 3.05) is 26.7 Å². The van der Waals surface area contributed by atoms with E-state index >= 15 is 0 Å². The average molecular weight is 485 g/mol. The van der Waals surface area contributed by atoms with Crippen LogP contribution in [0.2, 0.25) is 0 Å². The smallest absolute Gasteiger partial charge is 0.239 e. The lowest BCUT2D eigenvalue weighted by molar-refractivity contribution is -0.120. The third kappa shape index (κ3) is 6.95. The molecule has 0 spiro atoms. The predicted octanol–water partition coefficient (Wildman–Crippen LogP) is 2.10. The summed E-state index contributed by atoms with van der Waals surface area (Å²) < 4.78 is 0. The van der Waals surface area contributed by atoms with Gasteiger partial charge in [0, 0.05) is 38.8 Å². The molecular formula is C20H32IN5O. The highest BCUT2D eigenvalue weighted by Crippen LogP contribution is 2.26. The van der Waals surface area contributed by atoms with Crippen molar-refractivity contribution in [1.29, 1.82) is 0 Å². The number of rotatable bonds is 6. The molecule has 7 heteroatoms. The Kier molecular flexibility index (Phi) is 9.33. The van der Waals surface area contributed by atoms with Crippen LogP contribution in [-0.2, 0) is 11.3 Å². The van der Waals surface area contributed by atoms with Gasteiger partial charge in [0.15, 0.2) is 5.96 Å². The Hall–Kier alpha value is -1.35. The molecule has 0 radical (unpaired) electrons. The molecule has 1 aromatic carbocycles. The van der Waals surface area contributed by atoms with Gasteiger partial charge in [-0.1, -0.05) is 43.2 Å². The lowest BCUT2D eigenvalue weighted by Gasteiger charge is -2.24. The summed E-state index contributed by atoms with van der Waals surface area (Å²) in [5.74, 6) is 0.675. The number of hydrogen-bond donors (Lipinski definition) is 3. The van der Waals surface area contributed by atoms with Crippen LogP contribution < -0.4 is 16.0 Å². The zero-order valence-corrected chi connectivity index (χ0v) is 18.4. The molecule has 0 bridgehead atoms. The Morgan fingerprint density at radius 2 is 1.89 bits per heavy atom. The number of carbonyl (C=O) groups excluding carboxylic acids is 1. The van der Waals surface area contributed by atoms with Gasteiger partial charge in [-0.15, -0.1) is 24.0 Å². The first-order valence-electron chi connectivity index (χ1n) is 9.76. The Balaban J connectivity index is 0.00000261. The first-order chi connectivity index (χ1) is 12.7. The van der Waals surface area contributed by atoms with E-state index in [1.54, 1.807) is 7.05 Å². The van der Waals surface area contributed by atoms with Crippen LogP contribution in [0, 0.1) is 0 Å². The molecule has 1 heterocycles. The summed E-state index contributed by atoms with van der Waals surface area (Å²) in [7, 11) is 1.75. The maximum atomic E-state index is 12.0. The summed E-state index contributed by atoms with van der Waals surface area (Å²) in [4.78, 5) is 18.9. The summed E-state index contributed by atoms with van der Waals surface area (Å²) in [6.45, 7) is 3.01. The fourth-order valence-electron chi connectivity index (χ4n) is 3.92. The van der Waals surface area contributed by atoms with Crippen molar-refractivity contribution >= 4 is 35.8 Å². The third-order valence-corrected chi connectivity index (χ3v) is 5.37. The van der Waals surface area contributed by atoms with Crippen LogP contribution in [-0.4, -0.2) is 55.5 Å². The zero-order chi connectivity index (χ0) is 18.2. The molecule has 1 saturated carbocycles. The van der Waals surface area contributed by atoms with Crippen LogP contribution in [0.1, 0.15) is 37.7 Å². The molecule has 1 unspecified atom stereocenters. The van der Waals surface area contributed by atoms with Crippen LogP contribution in [0.3, 0.4) is 0 Å². The van der Waals surface area contributed by atoms with E-state index in [1.807, 2.05) is 30.3 Å². The molecule has 1 saturated heterocycles. The van der Waals surface area contributed by atoms with E-state index in [4.69, 9.17) is 0 Å². The quantitative estimate of drug-likeness (QED) is 0.328. The van der Waals surface area contributed by atoms with Crippen molar-refractivity contribution in [2.45, 2.75) is 50.7 Å². The monoisotopic (exact) mass is 485 g/mol. The highest BCUT2D eigenvalue weighted by atomic mass is 127. The molecule has 1 atom stereocenters. The SMILES string of the molecule is CN=C(NCC(=O)NCc1ccccc1)NC1CCN(C2CCCC2)C1.I. The normalized spacial score (nSPS) is 20.9. The molecule has 27 heavy (non-hydrogen) atoms. The van der Waals surface area contributed by atoms with Crippen molar-refractivity contribution in [2.24, 2.45) is 4.99 Å². The van der Waals surface area contributed by atoms with Gasteiger partial charge >= 0.3 is 0 Å². The lowest BCUT2D eigenvalue weighted by atomic mass is 10.2. The second-order valence-electron chi connectivity index (χ2n) is 7.25. The van der Waals surface area contributed by atoms with Gasteiger partial charge < -0.3 is 16.0 Å². The largest absolute Gasteiger partial charge is 0.352 e. The maximum absolute atomic E-state index is 12.0. The molecule has 1 amide bonds. The maximum Gasteiger partial charge on any atom is 0.239 e. The van der Waals surface area contributed by atoms with Gasteiger partial charge in [0.1, 0.15) is 0 Å². The van der Waals surface area contributed by atoms with E-state index in [9.17, 15) is 4.79 Å². The molecule has 2 aliphatic rings. The number of guanidine groups is 1. The Labute approximate surface area is 179 Å². The van der Waals surface area contributed by atoms with E-state index in [0.717, 1.165) is 31.1 Å². The fourth-order valence-corrected chi connectivity index (χ4v) is 3.92. The second-order valence-corrected chi connectivity index (χ2v) is 7.25. The molecule has 1 aliphatic heterocycles. The summed E-state index contributed by atoms with van der Waals surface area (Å²) in [5.41, 5.74) is 1.10. The number of carbonyl (C=O) groups is 1. The minimum Gasteiger partial charge on any atom is -0.352 e. The number of nitrogens with one attached hydrogen (secondary N) is 3. The molecule has 3 N–H and O–H groups in total. The van der Waals surface area contributed by atoms with Crippen molar-refractivity contribution in [3.05, 3.63) is 35.9 Å². The molecule has 1 aliphatic carbocycles. The molecule has 1 aromatic rings. The topological polar surface area (TPSA) is 68.8 Å². The van der Waals surface area contributed by atoms with Gasteiger partial charge in [0.25, 0.3) is 0 Å². The number of hydrogen-bond acceptors (Lipinski definition) is 3. The summed E-state index contributed by atoms with van der Waals surface area (Å²) in [6, 6.07) is 11.1. The van der Waals surface area contributed by atoms with Gasteiger partial charge in [0.2, 0.25) is 5.91 Å². The number of benzene rings is 1. The standard InChI is InChI=1S/C20H31N5O.HI/c1-21-20(23-14-19(26)22-13-16-7-3-2-4-8-16)24-17-11-12-25(15-17)18-9-5-6-10-18;/h2-4,7-8,17-18H,5-6,9-15H2,1H3,(H,22,26)(H2,21,23,24);1H. The van der Waals surface area contributed by atoms with Crippen molar-refractivity contribution in [1.82, 2.24) is 20.9 Å². The first kappa shape index (κ1) is 21.9. The van der Waals surface area contributed by atoms with Gasteiger partial charge in [0.05, 0.1) is 6.54 Å². The van der Waals surface area contributed by atoms with Crippen LogP contribution in [0.5, 0.6) is 0 Å². The third-order valence-electron chi connectivity index (χ3n) is 5.37. The average Bonchev–Trinajstić information content (AvgIpc) is 3.35. The van der Waals surface area contributed by atoms with E-state index in [2.05, 4.69) is 25.8 Å². The molecule has 3 rings (SSSR count). The van der Waals surface area contributed by atoms with Gasteiger partial charge in [-0.25, -0.2) is 0 Å². The van der Waals surface area contributed by atoms with E-state index in [-0.39, 0.29) is 36.4 Å². The second kappa shape index (κ2) is 11.5. The minimum atomic E-state index is -0.0317. The predicted molar refractivity (Wildman–Crippen MR) is 120 cm³/mol. The van der Waals surface area contributed by atoms with Gasteiger partial charge in [-0.05, 0) is 24.8 Å². The van der Waals surface area contributed by atoms with E-state index in [1.165, 1.54) is 25.7 Å². The Morgan fingerprint density at radius 1 is 1.15 bits per heavy atom. The number of halogens is 1. The molecule has 6 nitrogen and oxygen atoms in total. The van der Waals surface area contributed by atoms with Crippen LogP contribution in [0.25, 0.3) is 0 Å². The van der Waals surface area contributed by atoms with E-state index in [0.29, 0.717) is 18.5 Å². The van der Waals surface area contributed by atoms with Gasteiger partial charge in [-0.3, -0.25) is 14.7 Å². The zero-order valence-electron chi connectivity index (χ0n) is 16.1. The number of aliphatic imine (C=N–C) groups is 1. The summed E-state index contributed by atoms with van der Waals surface area (Å²) in [6.07, 6.45) is 6.58.